The Kier molecular flexibility index (Phi) is 3.99. The van der Waals surface area contributed by atoms with E-state index in [1.807, 2.05) is 17.9 Å². The molecule has 6 heteroatoms. The Morgan fingerprint density at radius 3 is 2.81 bits per heavy atom. The molecule has 1 N–H and O–H groups in total. The summed E-state index contributed by atoms with van der Waals surface area (Å²) in [5.74, 6) is 1.92. The van der Waals surface area contributed by atoms with E-state index in [4.69, 9.17) is 4.52 Å². The van der Waals surface area contributed by atoms with Gasteiger partial charge in [0, 0.05) is 42.5 Å². The maximum absolute atomic E-state index is 13.3. The van der Waals surface area contributed by atoms with Crippen LogP contribution in [-0.2, 0) is 11.2 Å². The molecule has 2 aromatic heterocycles. The number of likely N-dealkylation sites (tertiary alicyclic amines) is 1. The van der Waals surface area contributed by atoms with Gasteiger partial charge in [-0.3, -0.25) is 4.79 Å². The van der Waals surface area contributed by atoms with E-state index in [1.54, 1.807) is 0 Å². The highest BCUT2D eigenvalue weighted by Gasteiger charge is 2.34. The van der Waals surface area contributed by atoms with Gasteiger partial charge in [0.15, 0.2) is 5.82 Å². The first-order chi connectivity index (χ1) is 13.2. The van der Waals surface area contributed by atoms with Crippen LogP contribution in [0.25, 0.3) is 10.9 Å². The average molecular weight is 364 g/mol. The van der Waals surface area contributed by atoms with Gasteiger partial charge in [-0.25, -0.2) is 0 Å². The number of nitrogens with one attached hydrogen (secondary N) is 1. The fourth-order valence-corrected chi connectivity index (χ4v) is 4.72. The maximum atomic E-state index is 13.3. The van der Waals surface area contributed by atoms with Gasteiger partial charge in [-0.05, 0) is 43.7 Å². The zero-order valence-corrected chi connectivity index (χ0v) is 15.6. The second kappa shape index (κ2) is 6.51. The van der Waals surface area contributed by atoms with Gasteiger partial charge < -0.3 is 14.4 Å². The Balaban J connectivity index is 1.34. The molecule has 0 bridgehead atoms. The van der Waals surface area contributed by atoms with Crippen LogP contribution in [0.5, 0.6) is 0 Å². The number of nitrogens with zero attached hydrogens (tertiary/aromatic N) is 3. The highest BCUT2D eigenvalue weighted by Crippen LogP contribution is 2.38. The standard InChI is InChI=1S/C21H24N4O2/c1-13-22-20(24-27-13)14-9-11-25(12-10-14)21(26)17-7-4-6-16-15-5-2-3-8-18(15)23-19(16)17/h2-3,5,8,14,17,23H,4,6-7,9-12H2,1H3/t17-/m1/s1. The number of benzene rings is 1. The summed E-state index contributed by atoms with van der Waals surface area (Å²) < 4.78 is 5.11. The van der Waals surface area contributed by atoms with E-state index in [0.29, 0.717) is 11.8 Å². The third-order valence-electron chi connectivity index (χ3n) is 6.13. The predicted molar refractivity (Wildman–Crippen MR) is 102 cm³/mol. The van der Waals surface area contributed by atoms with Gasteiger partial charge in [0.05, 0.1) is 5.92 Å². The number of aryl methyl sites for hydroxylation is 2. The third-order valence-corrected chi connectivity index (χ3v) is 6.13. The molecular formula is C21H24N4O2. The van der Waals surface area contributed by atoms with Crippen LogP contribution in [0.4, 0.5) is 0 Å². The minimum absolute atomic E-state index is 0.0369. The van der Waals surface area contributed by atoms with Crippen molar-refractivity contribution in [2.75, 3.05) is 13.1 Å². The third kappa shape index (κ3) is 2.83. The summed E-state index contributed by atoms with van der Waals surface area (Å²) in [6, 6.07) is 8.39. The van der Waals surface area contributed by atoms with Gasteiger partial charge in [-0.1, -0.05) is 23.4 Å². The monoisotopic (exact) mass is 364 g/mol. The van der Waals surface area contributed by atoms with E-state index < -0.39 is 0 Å². The largest absolute Gasteiger partial charge is 0.357 e. The zero-order chi connectivity index (χ0) is 18.4. The number of piperidine rings is 1. The number of hydrogen-bond donors (Lipinski definition) is 1. The summed E-state index contributed by atoms with van der Waals surface area (Å²) in [7, 11) is 0. The van der Waals surface area contributed by atoms with Crippen LogP contribution in [0.2, 0.25) is 0 Å². The van der Waals surface area contributed by atoms with E-state index in [9.17, 15) is 4.79 Å². The maximum Gasteiger partial charge on any atom is 0.231 e. The van der Waals surface area contributed by atoms with Crippen LogP contribution in [0.15, 0.2) is 28.8 Å². The first kappa shape index (κ1) is 16.5. The Labute approximate surface area is 157 Å². The first-order valence-corrected chi connectivity index (χ1v) is 9.89. The van der Waals surface area contributed by atoms with Crippen LogP contribution >= 0.6 is 0 Å². The molecule has 140 valence electrons. The summed E-state index contributed by atoms with van der Waals surface area (Å²) in [6.07, 6.45) is 4.86. The second-order valence-electron chi connectivity index (χ2n) is 7.78. The summed E-state index contributed by atoms with van der Waals surface area (Å²) in [5, 5.41) is 5.33. The fourth-order valence-electron chi connectivity index (χ4n) is 4.72. The summed E-state index contributed by atoms with van der Waals surface area (Å²) in [6.45, 7) is 3.35. The molecule has 0 saturated carbocycles. The molecule has 2 aliphatic rings. The molecule has 6 nitrogen and oxygen atoms in total. The summed E-state index contributed by atoms with van der Waals surface area (Å²) in [5.41, 5.74) is 3.63. The van der Waals surface area contributed by atoms with Gasteiger partial charge >= 0.3 is 0 Å². The molecular weight excluding hydrogens is 340 g/mol. The van der Waals surface area contributed by atoms with Crippen molar-refractivity contribution < 1.29 is 9.32 Å². The summed E-state index contributed by atoms with van der Waals surface area (Å²) in [4.78, 5) is 23.2. The lowest BCUT2D eigenvalue weighted by atomic mass is 9.85. The predicted octanol–water partition coefficient (Wildman–Crippen LogP) is 3.69. The first-order valence-electron chi connectivity index (χ1n) is 9.89. The normalized spacial score (nSPS) is 20.8. The number of fused-ring (bicyclic) bond motifs is 3. The van der Waals surface area contributed by atoms with Crippen molar-refractivity contribution in [3.8, 4) is 0 Å². The van der Waals surface area contributed by atoms with E-state index in [1.165, 1.54) is 10.9 Å². The second-order valence-corrected chi connectivity index (χ2v) is 7.78. The van der Waals surface area contributed by atoms with E-state index in [-0.39, 0.29) is 11.8 Å². The van der Waals surface area contributed by atoms with Crippen LogP contribution in [0.1, 0.15) is 60.5 Å². The van der Waals surface area contributed by atoms with Crippen LogP contribution in [0, 0.1) is 6.92 Å². The average Bonchev–Trinajstić information content (AvgIpc) is 3.31. The number of para-hydroxylation sites is 1. The van der Waals surface area contributed by atoms with Gasteiger partial charge in [0.2, 0.25) is 11.8 Å². The molecule has 1 saturated heterocycles. The van der Waals surface area contributed by atoms with E-state index >= 15 is 0 Å². The SMILES string of the molecule is Cc1nc(C2CCN(C(=O)[C@@H]3CCCc4c3[nH]c3ccccc43)CC2)no1. The minimum Gasteiger partial charge on any atom is -0.357 e. The Morgan fingerprint density at radius 1 is 1.22 bits per heavy atom. The smallest absolute Gasteiger partial charge is 0.231 e. The van der Waals surface area contributed by atoms with Crippen molar-refractivity contribution in [2.45, 2.75) is 50.9 Å². The van der Waals surface area contributed by atoms with E-state index in [0.717, 1.165) is 62.2 Å². The number of aromatic nitrogens is 3. The molecule has 1 fully saturated rings. The van der Waals surface area contributed by atoms with Crippen molar-refractivity contribution in [1.82, 2.24) is 20.0 Å². The number of carbonyl (C=O) groups is 1. The molecule has 0 radical (unpaired) electrons. The highest BCUT2D eigenvalue weighted by atomic mass is 16.5. The van der Waals surface area contributed by atoms with Crippen LogP contribution in [-0.4, -0.2) is 39.0 Å². The fraction of sp³-hybridized carbons (Fsp3) is 0.476. The number of amides is 1. The molecule has 1 aromatic carbocycles. The summed E-state index contributed by atoms with van der Waals surface area (Å²) >= 11 is 0. The van der Waals surface area contributed by atoms with Gasteiger partial charge in [0.1, 0.15) is 0 Å². The molecule has 1 aliphatic heterocycles. The van der Waals surface area contributed by atoms with Crippen molar-refractivity contribution in [1.29, 1.82) is 0 Å². The molecule has 0 spiro atoms. The lowest BCUT2D eigenvalue weighted by molar-refractivity contribution is -0.134. The van der Waals surface area contributed by atoms with Crippen molar-refractivity contribution in [3.63, 3.8) is 0 Å². The Bertz CT molecular complexity index is 981. The number of aromatic amines is 1. The van der Waals surface area contributed by atoms with Crippen molar-refractivity contribution >= 4 is 16.8 Å². The number of rotatable bonds is 2. The molecule has 1 aliphatic carbocycles. The highest BCUT2D eigenvalue weighted by molar-refractivity contribution is 5.90. The quantitative estimate of drug-likeness (QED) is 0.752. The zero-order valence-electron chi connectivity index (χ0n) is 15.6. The number of hydrogen-bond acceptors (Lipinski definition) is 4. The number of H-pyrrole nitrogens is 1. The molecule has 1 atom stereocenters. The van der Waals surface area contributed by atoms with Gasteiger partial charge in [-0.15, -0.1) is 0 Å². The molecule has 5 rings (SSSR count). The molecule has 0 unspecified atom stereocenters. The van der Waals surface area contributed by atoms with Crippen LogP contribution in [0.3, 0.4) is 0 Å². The number of carbonyl (C=O) groups excluding carboxylic acids is 1. The molecule has 1 amide bonds. The Morgan fingerprint density at radius 2 is 2.04 bits per heavy atom. The van der Waals surface area contributed by atoms with Crippen LogP contribution < -0.4 is 0 Å². The van der Waals surface area contributed by atoms with Crippen molar-refractivity contribution in [3.05, 3.63) is 47.2 Å². The lowest BCUT2D eigenvalue weighted by Crippen LogP contribution is -2.41. The Hall–Kier alpha value is -2.63. The minimum atomic E-state index is -0.0369. The molecule has 27 heavy (non-hydrogen) atoms. The lowest BCUT2D eigenvalue weighted by Gasteiger charge is -2.34. The molecule has 3 heterocycles. The molecule has 3 aromatic rings. The van der Waals surface area contributed by atoms with E-state index in [2.05, 4.69) is 33.3 Å². The topological polar surface area (TPSA) is 75.0 Å². The van der Waals surface area contributed by atoms with Gasteiger partial charge in [0.25, 0.3) is 0 Å². The van der Waals surface area contributed by atoms with Crippen molar-refractivity contribution in [2.24, 2.45) is 0 Å². The van der Waals surface area contributed by atoms with Gasteiger partial charge in [-0.2, -0.15) is 4.98 Å².